The van der Waals surface area contributed by atoms with Crippen LogP contribution in [0.5, 0.6) is 0 Å². The predicted octanol–water partition coefficient (Wildman–Crippen LogP) is 0.911. The fourth-order valence-corrected chi connectivity index (χ4v) is 3.39. The zero-order chi connectivity index (χ0) is 14.9. The van der Waals surface area contributed by atoms with Crippen LogP contribution in [0.25, 0.3) is 0 Å². The normalized spacial score (nSPS) is 15.3. The lowest BCUT2D eigenvalue weighted by atomic mass is 10.3. The van der Waals surface area contributed by atoms with Gasteiger partial charge in [0.25, 0.3) is 0 Å². The number of hydrazine groups is 1. The van der Waals surface area contributed by atoms with Gasteiger partial charge in [-0.15, -0.1) is 0 Å². The van der Waals surface area contributed by atoms with Crippen molar-refractivity contribution in [2.45, 2.75) is 17.7 Å². The van der Waals surface area contributed by atoms with Gasteiger partial charge in [-0.25, -0.2) is 12.7 Å². The molecule has 1 aromatic carbocycles. The highest BCUT2D eigenvalue weighted by Crippen LogP contribution is 2.35. The second-order valence-electron chi connectivity index (χ2n) is 4.78. The van der Waals surface area contributed by atoms with Gasteiger partial charge in [-0.1, -0.05) is 6.07 Å². The lowest BCUT2D eigenvalue weighted by Gasteiger charge is -2.17. The van der Waals surface area contributed by atoms with Crippen LogP contribution in [-0.4, -0.2) is 31.2 Å². The van der Waals surface area contributed by atoms with Crippen molar-refractivity contribution in [1.29, 1.82) is 0 Å². The molecule has 1 saturated carbocycles. The fourth-order valence-electron chi connectivity index (χ4n) is 1.97. The summed E-state index contributed by atoms with van der Waals surface area (Å²) in [7, 11) is -2.48. The Bertz CT molecular complexity index is 627. The van der Waals surface area contributed by atoms with Gasteiger partial charge in [0.2, 0.25) is 10.0 Å². The number of hydrogen-bond acceptors (Lipinski definition) is 6. The van der Waals surface area contributed by atoms with Crippen LogP contribution in [0.4, 0.5) is 11.4 Å². The Morgan fingerprint density at radius 2 is 2.15 bits per heavy atom. The van der Waals surface area contributed by atoms with Crippen molar-refractivity contribution >= 4 is 21.4 Å². The number of rotatable bonds is 6. The van der Waals surface area contributed by atoms with Gasteiger partial charge in [-0.3, -0.25) is 16.0 Å². The highest BCUT2D eigenvalue weighted by molar-refractivity contribution is 7.89. The van der Waals surface area contributed by atoms with Crippen LogP contribution < -0.4 is 11.3 Å². The fraction of sp³-hybridized carbons (Fsp3) is 0.455. The third-order valence-electron chi connectivity index (χ3n) is 3.24. The predicted molar refractivity (Wildman–Crippen MR) is 73.4 cm³/mol. The number of nitro benzene ring substituents is 1. The van der Waals surface area contributed by atoms with Gasteiger partial charge in [0.05, 0.1) is 4.92 Å². The third-order valence-corrected chi connectivity index (χ3v) is 5.09. The largest absolute Gasteiger partial charge is 0.318 e. The summed E-state index contributed by atoms with van der Waals surface area (Å²) in [6.07, 6.45) is 1.98. The van der Waals surface area contributed by atoms with Gasteiger partial charge in [-0.2, -0.15) is 0 Å². The van der Waals surface area contributed by atoms with E-state index in [9.17, 15) is 18.5 Å². The number of nitrogens with two attached hydrogens (primary N) is 1. The number of para-hydroxylation sites is 1. The number of anilines is 1. The summed E-state index contributed by atoms with van der Waals surface area (Å²) in [4.78, 5) is 10.0. The number of nitrogens with zero attached hydrogens (tertiary/aromatic N) is 2. The molecular formula is C11H16N4O4S. The first-order valence-corrected chi connectivity index (χ1v) is 7.52. The molecule has 2 rings (SSSR count). The van der Waals surface area contributed by atoms with E-state index in [1.165, 1.54) is 25.2 Å². The first-order valence-electron chi connectivity index (χ1n) is 6.08. The van der Waals surface area contributed by atoms with E-state index in [1.54, 1.807) is 0 Å². The van der Waals surface area contributed by atoms with E-state index in [2.05, 4.69) is 5.43 Å². The zero-order valence-corrected chi connectivity index (χ0v) is 11.8. The van der Waals surface area contributed by atoms with E-state index in [4.69, 9.17) is 5.84 Å². The van der Waals surface area contributed by atoms with Crippen LogP contribution in [0.1, 0.15) is 12.8 Å². The smallest absolute Gasteiger partial charge is 0.313 e. The highest BCUT2D eigenvalue weighted by Gasteiger charge is 2.34. The molecule has 0 unspecified atom stereocenters. The van der Waals surface area contributed by atoms with Crippen LogP contribution in [-0.2, 0) is 10.0 Å². The Labute approximate surface area is 116 Å². The van der Waals surface area contributed by atoms with E-state index < -0.39 is 20.6 Å². The molecule has 0 aliphatic heterocycles. The second kappa shape index (κ2) is 5.35. The van der Waals surface area contributed by atoms with E-state index in [0.717, 1.165) is 17.1 Å². The molecule has 9 heteroatoms. The third kappa shape index (κ3) is 2.74. The van der Waals surface area contributed by atoms with Gasteiger partial charge < -0.3 is 5.43 Å². The van der Waals surface area contributed by atoms with Crippen molar-refractivity contribution < 1.29 is 13.3 Å². The average molecular weight is 300 g/mol. The molecule has 3 N–H and O–H groups in total. The lowest BCUT2D eigenvalue weighted by molar-refractivity contribution is -0.386. The minimum Gasteiger partial charge on any atom is -0.318 e. The number of benzene rings is 1. The monoisotopic (exact) mass is 300 g/mol. The minimum absolute atomic E-state index is 0.0316. The van der Waals surface area contributed by atoms with Crippen LogP contribution >= 0.6 is 0 Å². The van der Waals surface area contributed by atoms with E-state index in [1.807, 2.05) is 0 Å². The molecule has 0 atom stereocenters. The Morgan fingerprint density at radius 1 is 1.50 bits per heavy atom. The Kier molecular flexibility index (Phi) is 3.93. The molecule has 0 radical (unpaired) electrons. The molecule has 110 valence electrons. The molecule has 0 heterocycles. The molecule has 20 heavy (non-hydrogen) atoms. The molecule has 0 saturated heterocycles. The number of nitrogens with one attached hydrogen (secondary N) is 1. The standard InChI is InChI=1S/C11H16N4O4S/c1-14(7-8-5-6-8)20(18,19)10-4-2-3-9(13-12)11(10)15(16)17/h2-4,8,13H,5-7,12H2,1H3. The maximum absolute atomic E-state index is 12.4. The summed E-state index contributed by atoms with van der Waals surface area (Å²) in [5, 5.41) is 11.1. The van der Waals surface area contributed by atoms with Crippen molar-refractivity contribution in [3.63, 3.8) is 0 Å². The van der Waals surface area contributed by atoms with Crippen LogP contribution in [0.15, 0.2) is 23.1 Å². The molecule has 1 aliphatic carbocycles. The number of nitro groups is 1. The molecule has 0 amide bonds. The quantitative estimate of drug-likeness (QED) is 0.458. The minimum atomic E-state index is -3.91. The van der Waals surface area contributed by atoms with E-state index in [0.29, 0.717) is 12.5 Å². The number of hydrogen-bond donors (Lipinski definition) is 2. The summed E-state index contributed by atoms with van der Waals surface area (Å²) in [5.41, 5.74) is 1.60. The molecular weight excluding hydrogens is 284 g/mol. The van der Waals surface area contributed by atoms with Crippen molar-refractivity contribution in [3.05, 3.63) is 28.3 Å². The summed E-state index contributed by atoms with van der Waals surface area (Å²) >= 11 is 0. The maximum Gasteiger partial charge on any atom is 0.313 e. The molecule has 1 fully saturated rings. The molecule has 0 aromatic heterocycles. The first-order chi connectivity index (χ1) is 9.37. The summed E-state index contributed by atoms with van der Waals surface area (Å²) in [6.45, 7) is 0.375. The first kappa shape index (κ1) is 14.7. The lowest BCUT2D eigenvalue weighted by Crippen LogP contribution is -2.29. The van der Waals surface area contributed by atoms with Crippen molar-refractivity contribution in [1.82, 2.24) is 4.31 Å². The molecule has 8 nitrogen and oxygen atoms in total. The SMILES string of the molecule is CN(CC1CC1)S(=O)(=O)c1cccc(NN)c1[N+](=O)[O-]. The highest BCUT2D eigenvalue weighted by atomic mass is 32.2. The molecule has 0 bridgehead atoms. The average Bonchev–Trinajstić information content (AvgIpc) is 3.21. The Morgan fingerprint density at radius 3 is 2.65 bits per heavy atom. The Hall–Kier alpha value is -1.71. The molecule has 0 spiro atoms. The molecule has 1 aromatic rings. The number of sulfonamides is 1. The van der Waals surface area contributed by atoms with E-state index in [-0.39, 0.29) is 10.6 Å². The van der Waals surface area contributed by atoms with Crippen LogP contribution in [0, 0.1) is 16.0 Å². The maximum atomic E-state index is 12.4. The van der Waals surface area contributed by atoms with Gasteiger partial charge in [0.15, 0.2) is 4.90 Å². The van der Waals surface area contributed by atoms with Gasteiger partial charge >= 0.3 is 5.69 Å². The van der Waals surface area contributed by atoms with Crippen LogP contribution in [0.3, 0.4) is 0 Å². The van der Waals surface area contributed by atoms with E-state index >= 15 is 0 Å². The topological polar surface area (TPSA) is 119 Å². The number of nitrogen functional groups attached to an aromatic ring is 1. The van der Waals surface area contributed by atoms with Crippen molar-refractivity contribution in [3.8, 4) is 0 Å². The summed E-state index contributed by atoms with van der Waals surface area (Å²) in [6, 6.07) is 4.00. The summed E-state index contributed by atoms with van der Waals surface area (Å²) < 4.78 is 26.0. The van der Waals surface area contributed by atoms with Gasteiger partial charge in [0, 0.05) is 13.6 Å². The second-order valence-corrected chi connectivity index (χ2v) is 6.80. The zero-order valence-electron chi connectivity index (χ0n) is 10.9. The Balaban J connectivity index is 2.47. The summed E-state index contributed by atoms with van der Waals surface area (Å²) in [5.74, 6) is 5.56. The van der Waals surface area contributed by atoms with Gasteiger partial charge in [-0.05, 0) is 30.9 Å². The van der Waals surface area contributed by atoms with Crippen molar-refractivity contribution in [2.24, 2.45) is 11.8 Å². The van der Waals surface area contributed by atoms with Crippen LogP contribution in [0.2, 0.25) is 0 Å². The molecule has 1 aliphatic rings. The van der Waals surface area contributed by atoms with Gasteiger partial charge in [0.1, 0.15) is 5.69 Å². The van der Waals surface area contributed by atoms with Crippen molar-refractivity contribution in [2.75, 3.05) is 19.0 Å².